The molecule has 28 heavy (non-hydrogen) atoms. The lowest BCUT2D eigenvalue weighted by molar-refractivity contribution is -0.125. The summed E-state index contributed by atoms with van der Waals surface area (Å²) >= 11 is 0. The smallest absolute Gasteiger partial charge is 0.149 e. The van der Waals surface area contributed by atoms with Crippen LogP contribution in [0, 0.1) is 11.8 Å². The highest BCUT2D eigenvalue weighted by Crippen LogP contribution is 2.28. The molecule has 0 radical (unpaired) electrons. The Morgan fingerprint density at radius 2 is 1.64 bits per heavy atom. The Labute approximate surface area is 171 Å². The van der Waals surface area contributed by atoms with E-state index in [1.807, 2.05) is 18.2 Å². The largest absolute Gasteiger partial charge is 0.303 e. The fourth-order valence-electron chi connectivity index (χ4n) is 4.62. The molecule has 2 aliphatic rings. The number of Topliss-reactive ketones (excluding diaryl/α,β-unsaturated/α-hetero) is 1. The van der Waals surface area contributed by atoms with Crippen molar-refractivity contribution in [2.45, 2.75) is 70.3 Å². The lowest BCUT2D eigenvalue weighted by Crippen LogP contribution is -2.44. The second-order valence-electron chi connectivity index (χ2n) is 8.25. The van der Waals surface area contributed by atoms with Crippen LogP contribution in [0.4, 0.5) is 0 Å². The van der Waals surface area contributed by atoms with E-state index in [9.17, 15) is 9.59 Å². The number of allylic oxidation sites excluding steroid dienone is 4. The zero-order valence-electron chi connectivity index (χ0n) is 17.4. The van der Waals surface area contributed by atoms with E-state index < -0.39 is 0 Å². The molecule has 1 heterocycles. The number of likely N-dealkylation sites (tertiary alicyclic amines) is 1. The highest BCUT2D eigenvalue weighted by Gasteiger charge is 2.29. The Morgan fingerprint density at radius 3 is 2.39 bits per heavy atom. The van der Waals surface area contributed by atoms with Crippen molar-refractivity contribution < 1.29 is 9.59 Å². The summed E-state index contributed by atoms with van der Waals surface area (Å²) in [5.41, 5.74) is 1.19. The Balaban J connectivity index is 2.01. The second-order valence-corrected chi connectivity index (χ2v) is 8.25. The third-order valence-corrected chi connectivity index (χ3v) is 6.28. The zero-order valence-corrected chi connectivity index (χ0v) is 17.4. The van der Waals surface area contributed by atoms with Gasteiger partial charge in [0.2, 0.25) is 0 Å². The summed E-state index contributed by atoms with van der Waals surface area (Å²) in [5.74, 6) is 0.746. The molecule has 0 aromatic carbocycles. The van der Waals surface area contributed by atoms with Gasteiger partial charge in [0, 0.05) is 17.9 Å². The van der Waals surface area contributed by atoms with Crippen LogP contribution in [-0.4, -0.2) is 36.1 Å². The molecule has 1 saturated heterocycles. The van der Waals surface area contributed by atoms with E-state index >= 15 is 0 Å². The van der Waals surface area contributed by atoms with E-state index in [4.69, 9.17) is 0 Å². The van der Waals surface area contributed by atoms with Gasteiger partial charge in [-0.05, 0) is 50.6 Å². The SMILES string of the molecule is C=C/C=C\C=C(/C=C)C1CCCCN1CC(=O)C1CCCCC(C=O)CCC1. The summed E-state index contributed by atoms with van der Waals surface area (Å²) < 4.78 is 0. The van der Waals surface area contributed by atoms with Gasteiger partial charge >= 0.3 is 0 Å². The van der Waals surface area contributed by atoms with Gasteiger partial charge in [0.15, 0.2) is 0 Å². The van der Waals surface area contributed by atoms with E-state index in [0.29, 0.717) is 12.3 Å². The van der Waals surface area contributed by atoms with Crippen molar-refractivity contribution in [3.63, 3.8) is 0 Å². The van der Waals surface area contributed by atoms with Crippen molar-refractivity contribution in [3.05, 3.63) is 49.1 Å². The highest BCUT2D eigenvalue weighted by molar-refractivity contribution is 5.83. The third-order valence-electron chi connectivity index (χ3n) is 6.28. The van der Waals surface area contributed by atoms with Gasteiger partial charge in [0.25, 0.3) is 0 Å². The van der Waals surface area contributed by atoms with Crippen LogP contribution in [0.15, 0.2) is 49.1 Å². The molecule has 0 N–H and O–H groups in total. The second kappa shape index (κ2) is 12.7. The number of piperidine rings is 1. The summed E-state index contributed by atoms with van der Waals surface area (Å²) in [7, 11) is 0. The van der Waals surface area contributed by atoms with Gasteiger partial charge in [0.05, 0.1) is 6.54 Å². The topological polar surface area (TPSA) is 37.4 Å². The van der Waals surface area contributed by atoms with Crippen molar-refractivity contribution in [2.75, 3.05) is 13.1 Å². The molecule has 3 atom stereocenters. The summed E-state index contributed by atoms with van der Waals surface area (Å²) in [6.07, 6.45) is 21.3. The minimum absolute atomic E-state index is 0.157. The lowest BCUT2D eigenvalue weighted by atomic mass is 9.90. The average Bonchev–Trinajstić information content (AvgIpc) is 2.84. The summed E-state index contributed by atoms with van der Waals surface area (Å²) in [4.78, 5) is 26.6. The minimum Gasteiger partial charge on any atom is -0.303 e. The molecule has 3 nitrogen and oxygen atoms in total. The van der Waals surface area contributed by atoms with E-state index in [2.05, 4.69) is 24.1 Å². The van der Waals surface area contributed by atoms with Crippen LogP contribution < -0.4 is 0 Å². The number of aldehydes is 1. The molecule has 2 fully saturated rings. The summed E-state index contributed by atoms with van der Waals surface area (Å²) in [6, 6.07) is 0.278. The Hall–Kier alpha value is -1.74. The van der Waals surface area contributed by atoms with Crippen molar-refractivity contribution >= 4 is 12.1 Å². The molecule has 3 heteroatoms. The Kier molecular flexibility index (Phi) is 10.2. The molecule has 0 spiro atoms. The Morgan fingerprint density at radius 1 is 0.929 bits per heavy atom. The van der Waals surface area contributed by atoms with Crippen molar-refractivity contribution in [2.24, 2.45) is 11.8 Å². The molecule has 3 unspecified atom stereocenters. The maximum Gasteiger partial charge on any atom is 0.149 e. The molecule has 154 valence electrons. The number of rotatable bonds is 8. The molecular weight excluding hydrogens is 346 g/mol. The predicted molar refractivity (Wildman–Crippen MR) is 117 cm³/mol. The molecule has 1 aliphatic carbocycles. The van der Waals surface area contributed by atoms with Crippen LogP contribution in [-0.2, 0) is 9.59 Å². The first-order valence-corrected chi connectivity index (χ1v) is 11.0. The van der Waals surface area contributed by atoms with E-state index in [1.165, 1.54) is 12.0 Å². The molecular formula is C25H37NO2. The maximum absolute atomic E-state index is 13.1. The van der Waals surface area contributed by atoms with Gasteiger partial charge in [0.1, 0.15) is 12.1 Å². The van der Waals surface area contributed by atoms with Crippen LogP contribution in [0.25, 0.3) is 0 Å². The molecule has 2 rings (SSSR count). The van der Waals surface area contributed by atoms with E-state index in [1.54, 1.807) is 6.08 Å². The number of hydrogen-bond acceptors (Lipinski definition) is 3. The number of carbonyl (C=O) groups excluding carboxylic acids is 2. The zero-order chi connectivity index (χ0) is 20.2. The van der Waals surface area contributed by atoms with E-state index in [0.717, 1.165) is 70.6 Å². The third kappa shape index (κ3) is 7.01. The molecule has 0 bridgehead atoms. The fraction of sp³-hybridized carbons (Fsp3) is 0.600. The average molecular weight is 384 g/mol. The summed E-state index contributed by atoms with van der Waals surface area (Å²) in [5, 5.41) is 0. The molecule has 0 amide bonds. The van der Waals surface area contributed by atoms with Gasteiger partial charge in [-0.2, -0.15) is 0 Å². The number of hydrogen-bond donors (Lipinski definition) is 0. The first kappa shape index (κ1) is 22.5. The van der Waals surface area contributed by atoms with Crippen LogP contribution in [0.2, 0.25) is 0 Å². The normalized spacial score (nSPS) is 28.1. The van der Waals surface area contributed by atoms with Crippen LogP contribution >= 0.6 is 0 Å². The van der Waals surface area contributed by atoms with Gasteiger partial charge < -0.3 is 4.79 Å². The minimum atomic E-state index is 0.157. The van der Waals surface area contributed by atoms with Crippen LogP contribution in [0.1, 0.15) is 64.2 Å². The predicted octanol–water partition coefficient (Wildman–Crippen LogP) is 5.44. The Bertz CT molecular complexity index is 589. The highest BCUT2D eigenvalue weighted by atomic mass is 16.1. The fourth-order valence-corrected chi connectivity index (χ4v) is 4.62. The first-order valence-electron chi connectivity index (χ1n) is 11.0. The van der Waals surface area contributed by atoms with Gasteiger partial charge in [-0.3, -0.25) is 9.69 Å². The van der Waals surface area contributed by atoms with Crippen molar-refractivity contribution in [3.8, 4) is 0 Å². The standard InChI is InChI=1S/C25H37NO2/c1-3-5-6-14-22(4-2)24-17-9-10-18-26(24)19-25(28)23-15-8-7-12-21(20-27)13-11-16-23/h3-6,14,20-21,23-24H,1-2,7-13,15-19H2/b6-5-,22-14+. The van der Waals surface area contributed by atoms with Crippen LogP contribution in [0.5, 0.6) is 0 Å². The molecule has 1 saturated carbocycles. The molecule has 0 aromatic heterocycles. The van der Waals surface area contributed by atoms with Gasteiger partial charge in [-0.25, -0.2) is 0 Å². The number of carbonyl (C=O) groups is 2. The van der Waals surface area contributed by atoms with Crippen molar-refractivity contribution in [1.82, 2.24) is 4.90 Å². The summed E-state index contributed by atoms with van der Waals surface area (Å²) in [6.45, 7) is 9.24. The van der Waals surface area contributed by atoms with Crippen LogP contribution in [0.3, 0.4) is 0 Å². The van der Waals surface area contributed by atoms with Crippen molar-refractivity contribution in [1.29, 1.82) is 0 Å². The lowest BCUT2D eigenvalue weighted by Gasteiger charge is -2.36. The molecule has 0 aromatic rings. The molecule has 1 aliphatic heterocycles. The van der Waals surface area contributed by atoms with Gasteiger partial charge in [-0.1, -0.05) is 69.2 Å². The monoisotopic (exact) mass is 383 g/mol. The first-order chi connectivity index (χ1) is 13.7. The van der Waals surface area contributed by atoms with E-state index in [-0.39, 0.29) is 17.9 Å². The quantitative estimate of drug-likeness (QED) is 0.414. The number of nitrogens with zero attached hydrogens (tertiary/aromatic N) is 1. The maximum atomic E-state index is 13.1. The number of ketones is 1. The van der Waals surface area contributed by atoms with Gasteiger partial charge in [-0.15, -0.1) is 0 Å².